The molecule has 1 amide bonds. The summed E-state index contributed by atoms with van der Waals surface area (Å²) < 4.78 is 26.2. The lowest BCUT2D eigenvalue weighted by atomic mass is 10.0. The second-order valence-electron chi connectivity index (χ2n) is 7.59. The van der Waals surface area contributed by atoms with E-state index in [1.165, 1.54) is 19.0 Å². The van der Waals surface area contributed by atoms with Crippen LogP contribution in [0.4, 0.5) is 0 Å². The van der Waals surface area contributed by atoms with Crippen molar-refractivity contribution in [3.8, 4) is 0 Å². The summed E-state index contributed by atoms with van der Waals surface area (Å²) in [4.78, 5) is 21.5. The van der Waals surface area contributed by atoms with E-state index in [1.54, 1.807) is 27.9 Å². The monoisotopic (exact) mass is 375 g/mol. The normalized spacial score (nSPS) is 28.4. The Balaban J connectivity index is 1.46. The Labute approximate surface area is 151 Å². The van der Waals surface area contributed by atoms with Crippen LogP contribution in [0.2, 0.25) is 0 Å². The van der Waals surface area contributed by atoms with Gasteiger partial charge in [0.05, 0.1) is 23.7 Å². The van der Waals surface area contributed by atoms with Crippen LogP contribution in [0.5, 0.6) is 0 Å². The summed E-state index contributed by atoms with van der Waals surface area (Å²) in [7, 11) is -3.13. The molecule has 26 heavy (non-hydrogen) atoms. The van der Waals surface area contributed by atoms with Crippen LogP contribution in [0.1, 0.15) is 23.2 Å². The molecule has 1 saturated carbocycles. The molecule has 5 rings (SSSR count). The van der Waals surface area contributed by atoms with E-state index >= 15 is 0 Å². The lowest BCUT2D eigenvalue weighted by Crippen LogP contribution is -2.60. The number of piperazine rings is 1. The third-order valence-electron chi connectivity index (χ3n) is 5.75. The van der Waals surface area contributed by atoms with E-state index in [-0.39, 0.29) is 29.5 Å². The van der Waals surface area contributed by atoms with E-state index in [1.807, 2.05) is 0 Å². The van der Waals surface area contributed by atoms with Crippen molar-refractivity contribution in [3.05, 3.63) is 30.2 Å². The maximum absolute atomic E-state index is 13.2. The van der Waals surface area contributed by atoms with Crippen molar-refractivity contribution in [2.45, 2.75) is 24.9 Å². The zero-order valence-electron chi connectivity index (χ0n) is 14.4. The van der Waals surface area contributed by atoms with Gasteiger partial charge in [-0.1, -0.05) is 0 Å². The molecule has 2 saturated heterocycles. The van der Waals surface area contributed by atoms with Gasteiger partial charge in [0, 0.05) is 38.1 Å². The van der Waals surface area contributed by atoms with Gasteiger partial charge in [-0.25, -0.2) is 17.9 Å². The number of fused-ring (bicyclic) bond motifs is 2. The number of rotatable bonds is 3. The Morgan fingerprint density at radius 1 is 1.19 bits per heavy atom. The fourth-order valence-electron chi connectivity index (χ4n) is 4.27. The number of carbonyl (C=O) groups is 1. The molecule has 0 aromatic carbocycles. The Kier molecular flexibility index (Phi) is 3.58. The maximum atomic E-state index is 13.2. The Bertz CT molecular complexity index is 968. The van der Waals surface area contributed by atoms with Crippen molar-refractivity contribution >= 4 is 21.4 Å². The zero-order chi connectivity index (χ0) is 17.9. The predicted molar refractivity (Wildman–Crippen MR) is 94.6 cm³/mol. The first kappa shape index (κ1) is 16.2. The molecule has 3 fully saturated rings. The Hall–Kier alpha value is -2.00. The van der Waals surface area contributed by atoms with E-state index < -0.39 is 9.84 Å². The van der Waals surface area contributed by atoms with Crippen molar-refractivity contribution in [3.63, 3.8) is 0 Å². The summed E-state index contributed by atoms with van der Waals surface area (Å²) in [5.41, 5.74) is 0.944. The van der Waals surface area contributed by atoms with Crippen molar-refractivity contribution in [2.24, 2.45) is 5.92 Å². The molecule has 9 heteroatoms. The summed E-state index contributed by atoms with van der Waals surface area (Å²) in [6.45, 7) is 2.23. The lowest BCUT2D eigenvalue weighted by molar-refractivity contribution is 0.0319. The van der Waals surface area contributed by atoms with Gasteiger partial charge in [-0.2, -0.15) is 5.10 Å². The second-order valence-corrected chi connectivity index (χ2v) is 9.75. The molecule has 138 valence electrons. The molecule has 4 heterocycles. The molecule has 0 unspecified atom stereocenters. The zero-order valence-corrected chi connectivity index (χ0v) is 15.2. The van der Waals surface area contributed by atoms with Gasteiger partial charge in [0.1, 0.15) is 5.56 Å². The van der Waals surface area contributed by atoms with Gasteiger partial charge < -0.3 is 4.90 Å². The van der Waals surface area contributed by atoms with Crippen molar-refractivity contribution in [1.29, 1.82) is 0 Å². The highest BCUT2D eigenvalue weighted by molar-refractivity contribution is 7.91. The van der Waals surface area contributed by atoms with E-state index in [2.05, 4.69) is 15.0 Å². The highest BCUT2D eigenvalue weighted by Gasteiger charge is 2.49. The molecule has 3 aliphatic rings. The van der Waals surface area contributed by atoms with Crippen molar-refractivity contribution in [1.82, 2.24) is 24.4 Å². The SMILES string of the molecule is O=C(c1cnn2cccnc12)N1CCN(CC2CC2)[C@@H]2CS(=O)(=O)C[C@@H]21. The number of amides is 1. The van der Waals surface area contributed by atoms with Crippen LogP contribution in [-0.4, -0.2) is 81.9 Å². The Morgan fingerprint density at radius 3 is 2.81 bits per heavy atom. The molecule has 2 aromatic heterocycles. The molecule has 0 bridgehead atoms. The fraction of sp³-hybridized carbons (Fsp3) is 0.588. The van der Waals surface area contributed by atoms with Crippen molar-refractivity contribution < 1.29 is 13.2 Å². The van der Waals surface area contributed by atoms with E-state index in [0.717, 1.165) is 13.1 Å². The minimum atomic E-state index is -3.13. The predicted octanol–water partition coefficient (Wildman–Crippen LogP) is 0.0627. The molecule has 8 nitrogen and oxygen atoms in total. The summed E-state index contributed by atoms with van der Waals surface area (Å²) in [6.07, 6.45) is 7.37. The molecule has 0 radical (unpaired) electrons. The van der Waals surface area contributed by atoms with Crippen LogP contribution in [-0.2, 0) is 9.84 Å². The molecule has 0 N–H and O–H groups in total. The van der Waals surface area contributed by atoms with Crippen LogP contribution in [0.15, 0.2) is 24.7 Å². The average molecular weight is 375 g/mol. The van der Waals surface area contributed by atoms with Gasteiger partial charge in [-0.3, -0.25) is 9.69 Å². The Morgan fingerprint density at radius 2 is 2.00 bits per heavy atom. The minimum absolute atomic E-state index is 0.0528. The quantitative estimate of drug-likeness (QED) is 0.754. The van der Waals surface area contributed by atoms with Gasteiger partial charge in [-0.15, -0.1) is 0 Å². The van der Waals surface area contributed by atoms with Gasteiger partial charge in [0.2, 0.25) is 0 Å². The first-order valence-electron chi connectivity index (χ1n) is 9.06. The third kappa shape index (κ3) is 2.69. The number of nitrogens with zero attached hydrogens (tertiary/aromatic N) is 5. The largest absolute Gasteiger partial charge is 0.332 e. The summed E-state index contributed by atoms with van der Waals surface area (Å²) in [6, 6.07) is 1.39. The highest BCUT2D eigenvalue weighted by Crippen LogP contribution is 2.34. The van der Waals surface area contributed by atoms with Crippen LogP contribution in [0.3, 0.4) is 0 Å². The van der Waals surface area contributed by atoms with Gasteiger partial charge in [-0.05, 0) is 24.8 Å². The number of sulfone groups is 1. The summed E-state index contributed by atoms with van der Waals surface area (Å²) in [5, 5.41) is 4.19. The first-order chi connectivity index (χ1) is 12.5. The number of hydrogen-bond donors (Lipinski definition) is 0. The standard InChI is InChI=1S/C17H21N5O3S/c23-17(13-8-19-22-5-1-4-18-16(13)22)21-7-6-20(9-12-2-3-12)14-10-26(24,25)11-15(14)21/h1,4-5,8,12,14-15H,2-3,6-7,9-11H2/t14-,15+/m1/s1. The van der Waals surface area contributed by atoms with Crippen LogP contribution < -0.4 is 0 Å². The fourth-order valence-corrected chi connectivity index (χ4v) is 6.28. The van der Waals surface area contributed by atoms with Gasteiger partial charge >= 0.3 is 0 Å². The number of carbonyl (C=O) groups excluding carboxylic acids is 1. The number of aromatic nitrogens is 3. The van der Waals surface area contributed by atoms with Gasteiger partial charge in [0.15, 0.2) is 15.5 Å². The first-order valence-corrected chi connectivity index (χ1v) is 10.9. The molecule has 0 spiro atoms. The molecular formula is C17H21N5O3S. The van der Waals surface area contributed by atoms with E-state index in [9.17, 15) is 13.2 Å². The van der Waals surface area contributed by atoms with Crippen molar-refractivity contribution in [2.75, 3.05) is 31.1 Å². The van der Waals surface area contributed by atoms with Crippen LogP contribution >= 0.6 is 0 Å². The topological polar surface area (TPSA) is 87.9 Å². The smallest absolute Gasteiger partial charge is 0.259 e. The highest BCUT2D eigenvalue weighted by atomic mass is 32.2. The molecule has 1 aliphatic carbocycles. The average Bonchev–Trinajstić information content (AvgIpc) is 3.22. The molecular weight excluding hydrogens is 354 g/mol. The second kappa shape index (κ2) is 5.75. The van der Waals surface area contributed by atoms with Crippen LogP contribution in [0.25, 0.3) is 5.65 Å². The third-order valence-corrected chi connectivity index (χ3v) is 7.45. The molecule has 2 atom stereocenters. The van der Waals surface area contributed by atoms with Crippen LogP contribution in [0, 0.1) is 5.92 Å². The lowest BCUT2D eigenvalue weighted by Gasteiger charge is -2.44. The molecule has 2 aliphatic heterocycles. The maximum Gasteiger partial charge on any atom is 0.259 e. The minimum Gasteiger partial charge on any atom is -0.332 e. The van der Waals surface area contributed by atoms with E-state index in [0.29, 0.717) is 23.7 Å². The van der Waals surface area contributed by atoms with E-state index in [4.69, 9.17) is 0 Å². The summed E-state index contributed by atoms with van der Waals surface area (Å²) in [5.74, 6) is 0.736. The van der Waals surface area contributed by atoms with Gasteiger partial charge in [0.25, 0.3) is 5.91 Å². The molecule has 2 aromatic rings. The summed E-state index contributed by atoms with van der Waals surface area (Å²) >= 11 is 0. The number of hydrogen-bond acceptors (Lipinski definition) is 6.